The van der Waals surface area contributed by atoms with E-state index in [0.29, 0.717) is 25.8 Å². The van der Waals surface area contributed by atoms with E-state index in [1.54, 1.807) is 0 Å². The van der Waals surface area contributed by atoms with Crippen LogP contribution in [0.2, 0.25) is 0 Å². The largest absolute Gasteiger partial charge is 0.481 e. The standard InChI is InChI=1S/C18H31N5O9/c19-8-2-1-3-10(20)16(29)23-11(4-6-14(25)26)17(30)21-9-13(24)22-12(18(31)32)5-7-15(27)28/h10-12H,1-9,19-20H2,(H,21,30)(H,22,24)(H,23,29)(H,25,26)(H,27,28)(H,31,32). The van der Waals surface area contributed by atoms with Gasteiger partial charge in [-0.05, 0) is 32.2 Å². The zero-order valence-corrected chi connectivity index (χ0v) is 17.5. The minimum absolute atomic E-state index is 0.263. The Balaban J connectivity index is 4.86. The van der Waals surface area contributed by atoms with Crippen molar-refractivity contribution in [3.05, 3.63) is 0 Å². The number of aliphatic carboxylic acids is 3. The zero-order chi connectivity index (χ0) is 24.7. The number of rotatable bonds is 17. The van der Waals surface area contributed by atoms with Gasteiger partial charge in [0.1, 0.15) is 12.1 Å². The molecule has 32 heavy (non-hydrogen) atoms. The van der Waals surface area contributed by atoms with Gasteiger partial charge >= 0.3 is 17.9 Å². The van der Waals surface area contributed by atoms with E-state index in [4.69, 9.17) is 26.8 Å². The minimum atomic E-state index is -1.47. The lowest BCUT2D eigenvalue weighted by molar-refractivity contribution is -0.143. The Bertz CT molecular complexity index is 686. The number of hydrogen-bond donors (Lipinski definition) is 8. The van der Waals surface area contributed by atoms with Crippen molar-refractivity contribution in [1.82, 2.24) is 16.0 Å². The van der Waals surface area contributed by atoms with Crippen molar-refractivity contribution in [2.45, 2.75) is 63.1 Å². The van der Waals surface area contributed by atoms with Crippen LogP contribution in [0.1, 0.15) is 44.9 Å². The van der Waals surface area contributed by atoms with Crippen LogP contribution >= 0.6 is 0 Å². The molecule has 0 aliphatic carbocycles. The molecule has 182 valence electrons. The molecule has 0 bridgehead atoms. The molecule has 3 unspecified atom stereocenters. The maximum atomic E-state index is 12.4. The lowest BCUT2D eigenvalue weighted by Crippen LogP contribution is -2.53. The number of carbonyl (C=O) groups excluding carboxylic acids is 3. The first-order valence-electron chi connectivity index (χ1n) is 9.97. The van der Waals surface area contributed by atoms with Crippen LogP contribution < -0.4 is 27.4 Å². The van der Waals surface area contributed by atoms with Gasteiger partial charge < -0.3 is 42.7 Å². The van der Waals surface area contributed by atoms with Crippen molar-refractivity contribution in [3.8, 4) is 0 Å². The molecule has 3 amide bonds. The summed E-state index contributed by atoms with van der Waals surface area (Å²) in [4.78, 5) is 69.0. The van der Waals surface area contributed by atoms with Gasteiger partial charge in [-0.25, -0.2) is 4.79 Å². The third-order valence-corrected chi connectivity index (χ3v) is 4.29. The SMILES string of the molecule is NCCCCC(N)C(=O)NC(CCC(=O)O)C(=O)NCC(=O)NC(CCC(=O)O)C(=O)O. The Kier molecular flexibility index (Phi) is 13.9. The summed E-state index contributed by atoms with van der Waals surface area (Å²) >= 11 is 0. The molecule has 0 heterocycles. The number of carboxylic acids is 3. The average Bonchev–Trinajstić information content (AvgIpc) is 2.71. The highest BCUT2D eigenvalue weighted by Gasteiger charge is 2.26. The fourth-order valence-corrected chi connectivity index (χ4v) is 2.52. The lowest BCUT2D eigenvalue weighted by atomic mass is 10.1. The molecule has 0 fully saturated rings. The second kappa shape index (κ2) is 15.5. The normalized spacial score (nSPS) is 13.3. The summed E-state index contributed by atoms with van der Waals surface area (Å²) in [5.74, 6) is -6.32. The molecule has 10 N–H and O–H groups in total. The van der Waals surface area contributed by atoms with E-state index in [1.807, 2.05) is 0 Å². The van der Waals surface area contributed by atoms with Crippen molar-refractivity contribution in [2.75, 3.05) is 13.1 Å². The highest BCUT2D eigenvalue weighted by Crippen LogP contribution is 2.03. The van der Waals surface area contributed by atoms with Crippen molar-refractivity contribution in [1.29, 1.82) is 0 Å². The van der Waals surface area contributed by atoms with Crippen molar-refractivity contribution in [3.63, 3.8) is 0 Å². The van der Waals surface area contributed by atoms with E-state index in [2.05, 4.69) is 16.0 Å². The summed E-state index contributed by atoms with van der Waals surface area (Å²) in [6.45, 7) is -0.239. The second-order valence-corrected chi connectivity index (χ2v) is 6.99. The molecule has 0 aromatic rings. The van der Waals surface area contributed by atoms with Crippen LogP contribution in [0.25, 0.3) is 0 Å². The number of carboxylic acid groups (broad SMARTS) is 3. The first-order chi connectivity index (χ1) is 15.0. The van der Waals surface area contributed by atoms with Gasteiger partial charge in [-0.1, -0.05) is 6.42 Å². The lowest BCUT2D eigenvalue weighted by Gasteiger charge is -2.20. The van der Waals surface area contributed by atoms with E-state index in [0.717, 1.165) is 0 Å². The Morgan fingerprint density at radius 3 is 1.81 bits per heavy atom. The smallest absolute Gasteiger partial charge is 0.326 e. The molecule has 0 radical (unpaired) electrons. The van der Waals surface area contributed by atoms with E-state index in [1.165, 1.54) is 0 Å². The molecule has 0 saturated carbocycles. The molecule has 0 aliphatic heterocycles. The predicted octanol–water partition coefficient (Wildman–Crippen LogP) is -2.66. The van der Waals surface area contributed by atoms with Crippen molar-refractivity contribution in [2.24, 2.45) is 11.5 Å². The Morgan fingerprint density at radius 1 is 0.750 bits per heavy atom. The number of hydrogen-bond acceptors (Lipinski definition) is 8. The summed E-state index contributed by atoms with van der Waals surface area (Å²) in [5, 5.41) is 33.1. The van der Waals surface area contributed by atoms with Crippen LogP contribution in [0.5, 0.6) is 0 Å². The van der Waals surface area contributed by atoms with Crippen LogP contribution in [0.4, 0.5) is 0 Å². The third kappa shape index (κ3) is 13.1. The second-order valence-electron chi connectivity index (χ2n) is 6.99. The van der Waals surface area contributed by atoms with E-state index < -0.39 is 73.1 Å². The molecule has 3 atom stereocenters. The number of amides is 3. The summed E-state index contributed by atoms with van der Waals surface area (Å²) in [6, 6.07) is -3.69. The van der Waals surface area contributed by atoms with Gasteiger partial charge in [0, 0.05) is 12.8 Å². The molecule has 0 spiro atoms. The molecule has 0 aromatic heterocycles. The molecule has 0 saturated heterocycles. The molecule has 0 aromatic carbocycles. The first-order valence-corrected chi connectivity index (χ1v) is 9.97. The maximum Gasteiger partial charge on any atom is 0.326 e. The molecular formula is C18H31N5O9. The average molecular weight is 461 g/mol. The van der Waals surface area contributed by atoms with Gasteiger partial charge in [0.15, 0.2) is 0 Å². The van der Waals surface area contributed by atoms with Crippen LogP contribution in [0.3, 0.4) is 0 Å². The Morgan fingerprint density at radius 2 is 1.31 bits per heavy atom. The third-order valence-electron chi connectivity index (χ3n) is 4.29. The van der Waals surface area contributed by atoms with Gasteiger partial charge in [-0.3, -0.25) is 24.0 Å². The number of carbonyl (C=O) groups is 6. The van der Waals surface area contributed by atoms with E-state index >= 15 is 0 Å². The number of nitrogens with two attached hydrogens (primary N) is 2. The highest BCUT2D eigenvalue weighted by molar-refractivity contribution is 5.92. The van der Waals surface area contributed by atoms with Gasteiger partial charge in [-0.15, -0.1) is 0 Å². The van der Waals surface area contributed by atoms with Gasteiger partial charge in [-0.2, -0.15) is 0 Å². The summed E-state index contributed by atoms with van der Waals surface area (Å²) in [5.41, 5.74) is 11.1. The van der Waals surface area contributed by atoms with Crippen molar-refractivity contribution >= 4 is 35.6 Å². The molecule has 0 aliphatic rings. The van der Waals surface area contributed by atoms with E-state index in [9.17, 15) is 28.8 Å². The van der Waals surface area contributed by atoms with Crippen LogP contribution in [0.15, 0.2) is 0 Å². The quantitative estimate of drug-likeness (QED) is 0.104. The van der Waals surface area contributed by atoms with Gasteiger partial charge in [0.05, 0.1) is 12.6 Å². The van der Waals surface area contributed by atoms with E-state index in [-0.39, 0.29) is 12.8 Å². The fraction of sp³-hybridized carbons (Fsp3) is 0.667. The maximum absolute atomic E-state index is 12.4. The molecule has 14 heteroatoms. The summed E-state index contributed by atoms with van der Waals surface area (Å²) in [6.07, 6.45) is 0.00407. The van der Waals surface area contributed by atoms with Crippen molar-refractivity contribution < 1.29 is 44.1 Å². The fourth-order valence-electron chi connectivity index (χ4n) is 2.52. The summed E-state index contributed by atoms with van der Waals surface area (Å²) < 4.78 is 0. The zero-order valence-electron chi connectivity index (χ0n) is 17.5. The Labute approximate surface area is 184 Å². The minimum Gasteiger partial charge on any atom is -0.481 e. The van der Waals surface area contributed by atoms with Crippen LogP contribution in [0, 0.1) is 0 Å². The van der Waals surface area contributed by atoms with Gasteiger partial charge in [0.2, 0.25) is 17.7 Å². The first kappa shape index (κ1) is 28.7. The van der Waals surface area contributed by atoms with Gasteiger partial charge in [0.25, 0.3) is 0 Å². The number of nitrogens with one attached hydrogen (secondary N) is 3. The predicted molar refractivity (Wildman–Crippen MR) is 109 cm³/mol. The number of unbranched alkanes of at least 4 members (excludes halogenated alkanes) is 1. The topological polar surface area (TPSA) is 251 Å². The summed E-state index contributed by atoms with van der Waals surface area (Å²) in [7, 11) is 0. The monoisotopic (exact) mass is 461 g/mol. The Hall–Kier alpha value is -3.26. The van der Waals surface area contributed by atoms with Crippen LogP contribution in [-0.2, 0) is 28.8 Å². The molecule has 0 rings (SSSR count). The molecular weight excluding hydrogens is 430 g/mol. The highest BCUT2D eigenvalue weighted by atomic mass is 16.4. The molecule has 14 nitrogen and oxygen atoms in total. The van der Waals surface area contributed by atoms with Crippen LogP contribution in [-0.4, -0.2) is 82.2 Å².